The van der Waals surface area contributed by atoms with E-state index in [-0.39, 0.29) is 23.5 Å². The second kappa shape index (κ2) is 5.36. The molecule has 2 aliphatic rings. The molecular weight excluding hydrogens is 286 g/mol. The summed E-state index contributed by atoms with van der Waals surface area (Å²) in [5, 5.41) is 21.8. The summed E-state index contributed by atoms with van der Waals surface area (Å²) in [6.07, 6.45) is 4.54. The molecule has 6 heteroatoms. The predicted octanol–water partition coefficient (Wildman–Crippen LogP) is 1.86. The second-order valence-corrected chi connectivity index (χ2v) is 5.71. The average Bonchev–Trinajstić information content (AvgIpc) is 3.07. The van der Waals surface area contributed by atoms with Crippen molar-refractivity contribution in [2.45, 2.75) is 6.42 Å². The summed E-state index contributed by atoms with van der Waals surface area (Å²) in [6.45, 7) is 0. The van der Waals surface area contributed by atoms with E-state index < -0.39 is 17.8 Å². The van der Waals surface area contributed by atoms with E-state index in [1.807, 2.05) is 12.2 Å². The number of benzene rings is 1. The van der Waals surface area contributed by atoms with Gasteiger partial charge in [-0.1, -0.05) is 12.2 Å². The van der Waals surface area contributed by atoms with Crippen LogP contribution in [0, 0.1) is 23.7 Å². The molecule has 1 aromatic carbocycles. The maximum Gasteiger partial charge on any atom is 0.307 e. The van der Waals surface area contributed by atoms with Gasteiger partial charge in [-0.3, -0.25) is 9.59 Å². The molecular formula is C16H17NO5. The zero-order valence-electron chi connectivity index (χ0n) is 12.0. The number of phenolic OH excluding ortho intramolecular Hbond substituents is 1. The van der Waals surface area contributed by atoms with Crippen LogP contribution in [0.5, 0.6) is 11.5 Å². The van der Waals surface area contributed by atoms with Crippen LogP contribution in [-0.4, -0.2) is 29.2 Å². The number of aromatic hydroxyl groups is 1. The number of hydrogen-bond acceptors (Lipinski definition) is 4. The SMILES string of the molecule is COc1ccc(NC(=O)[C@@H]2[C@@H](C(=O)O)[C@H]3C=C[C@H]2C3)cc1O. The molecule has 4 atom stereocenters. The number of phenols is 1. The van der Waals surface area contributed by atoms with Crippen LogP contribution in [0.15, 0.2) is 30.4 Å². The van der Waals surface area contributed by atoms with E-state index in [0.717, 1.165) is 0 Å². The molecule has 0 unspecified atom stereocenters. The molecule has 3 rings (SSSR count). The maximum absolute atomic E-state index is 12.5. The highest BCUT2D eigenvalue weighted by Crippen LogP contribution is 2.48. The Bertz CT molecular complexity index is 654. The van der Waals surface area contributed by atoms with Crippen molar-refractivity contribution in [2.75, 3.05) is 12.4 Å². The molecule has 6 nitrogen and oxygen atoms in total. The number of rotatable bonds is 4. The first-order chi connectivity index (χ1) is 10.5. The van der Waals surface area contributed by atoms with Crippen molar-refractivity contribution in [3.8, 4) is 11.5 Å². The summed E-state index contributed by atoms with van der Waals surface area (Å²) in [5.41, 5.74) is 0.416. The molecule has 1 saturated carbocycles. The fourth-order valence-corrected chi connectivity index (χ4v) is 3.51. The number of aliphatic carboxylic acids is 1. The number of amides is 1. The molecule has 116 valence electrons. The van der Waals surface area contributed by atoms with Crippen molar-refractivity contribution < 1.29 is 24.5 Å². The van der Waals surface area contributed by atoms with Gasteiger partial charge in [0.15, 0.2) is 11.5 Å². The van der Waals surface area contributed by atoms with Gasteiger partial charge < -0.3 is 20.3 Å². The average molecular weight is 303 g/mol. The molecule has 1 fully saturated rings. The Labute approximate surface area is 127 Å². The number of carbonyl (C=O) groups excluding carboxylic acids is 1. The minimum Gasteiger partial charge on any atom is -0.504 e. The summed E-state index contributed by atoms with van der Waals surface area (Å²) < 4.78 is 4.94. The zero-order chi connectivity index (χ0) is 15.9. The van der Waals surface area contributed by atoms with Crippen LogP contribution >= 0.6 is 0 Å². The van der Waals surface area contributed by atoms with Crippen LogP contribution < -0.4 is 10.1 Å². The Morgan fingerprint density at radius 1 is 1.23 bits per heavy atom. The van der Waals surface area contributed by atoms with E-state index >= 15 is 0 Å². The van der Waals surface area contributed by atoms with Crippen molar-refractivity contribution in [3.05, 3.63) is 30.4 Å². The van der Waals surface area contributed by atoms with E-state index in [4.69, 9.17) is 4.74 Å². The van der Waals surface area contributed by atoms with Gasteiger partial charge >= 0.3 is 5.97 Å². The zero-order valence-corrected chi connectivity index (χ0v) is 12.0. The minimum atomic E-state index is -0.936. The molecule has 0 aliphatic heterocycles. The lowest BCUT2D eigenvalue weighted by molar-refractivity contribution is -0.146. The predicted molar refractivity (Wildman–Crippen MR) is 78.6 cm³/mol. The highest BCUT2D eigenvalue weighted by Gasteiger charge is 2.51. The first-order valence-electron chi connectivity index (χ1n) is 7.10. The van der Waals surface area contributed by atoms with Gasteiger partial charge in [0.25, 0.3) is 0 Å². The first-order valence-corrected chi connectivity index (χ1v) is 7.10. The molecule has 0 heterocycles. The summed E-state index contributed by atoms with van der Waals surface area (Å²) in [4.78, 5) is 23.9. The Balaban J connectivity index is 1.78. The van der Waals surface area contributed by atoms with Crippen molar-refractivity contribution in [1.82, 2.24) is 0 Å². The van der Waals surface area contributed by atoms with Gasteiger partial charge in [-0.15, -0.1) is 0 Å². The Morgan fingerprint density at radius 3 is 2.50 bits per heavy atom. The maximum atomic E-state index is 12.5. The molecule has 3 N–H and O–H groups in total. The van der Waals surface area contributed by atoms with Gasteiger partial charge in [-0.2, -0.15) is 0 Å². The smallest absolute Gasteiger partial charge is 0.307 e. The van der Waals surface area contributed by atoms with Crippen molar-refractivity contribution >= 4 is 17.6 Å². The fraction of sp³-hybridized carbons (Fsp3) is 0.375. The van der Waals surface area contributed by atoms with E-state index in [1.165, 1.54) is 13.2 Å². The second-order valence-electron chi connectivity index (χ2n) is 5.71. The molecule has 1 amide bonds. The van der Waals surface area contributed by atoms with E-state index in [2.05, 4.69) is 5.32 Å². The molecule has 2 aliphatic carbocycles. The van der Waals surface area contributed by atoms with Crippen molar-refractivity contribution in [1.29, 1.82) is 0 Å². The molecule has 0 spiro atoms. The van der Waals surface area contributed by atoms with Gasteiger partial charge in [0.2, 0.25) is 5.91 Å². The van der Waals surface area contributed by atoms with Crippen LogP contribution in [0.4, 0.5) is 5.69 Å². The minimum absolute atomic E-state index is 0.0297. The number of carboxylic acid groups (broad SMARTS) is 1. The quantitative estimate of drug-likeness (QED) is 0.738. The topological polar surface area (TPSA) is 95.9 Å². The van der Waals surface area contributed by atoms with Crippen molar-refractivity contribution in [3.63, 3.8) is 0 Å². The van der Waals surface area contributed by atoms with Crippen LogP contribution in [0.1, 0.15) is 6.42 Å². The number of nitrogens with one attached hydrogen (secondary N) is 1. The highest BCUT2D eigenvalue weighted by atomic mass is 16.5. The third kappa shape index (κ3) is 2.30. The summed E-state index contributed by atoms with van der Waals surface area (Å²) in [7, 11) is 1.44. The highest BCUT2D eigenvalue weighted by molar-refractivity contribution is 5.96. The molecule has 0 saturated heterocycles. The van der Waals surface area contributed by atoms with Gasteiger partial charge in [-0.25, -0.2) is 0 Å². The molecule has 1 aromatic rings. The lowest BCUT2D eigenvalue weighted by atomic mass is 9.82. The van der Waals surface area contributed by atoms with Crippen LogP contribution in [0.3, 0.4) is 0 Å². The number of carboxylic acids is 1. The number of fused-ring (bicyclic) bond motifs is 2. The third-order valence-electron chi connectivity index (χ3n) is 4.49. The van der Waals surface area contributed by atoms with Crippen LogP contribution in [0.2, 0.25) is 0 Å². The number of hydrogen-bond donors (Lipinski definition) is 3. The number of anilines is 1. The van der Waals surface area contributed by atoms with Gasteiger partial charge in [-0.05, 0) is 30.4 Å². The molecule has 0 radical (unpaired) electrons. The Kier molecular flexibility index (Phi) is 3.52. The lowest BCUT2D eigenvalue weighted by Crippen LogP contribution is -2.36. The third-order valence-corrected chi connectivity index (χ3v) is 4.49. The lowest BCUT2D eigenvalue weighted by Gasteiger charge is -2.23. The molecule has 22 heavy (non-hydrogen) atoms. The first kappa shape index (κ1) is 14.4. The van der Waals surface area contributed by atoms with Gasteiger partial charge in [0, 0.05) is 11.8 Å². The van der Waals surface area contributed by atoms with Gasteiger partial charge in [0.1, 0.15) is 0 Å². The molecule has 2 bridgehead atoms. The van der Waals surface area contributed by atoms with Crippen molar-refractivity contribution in [2.24, 2.45) is 23.7 Å². The fourth-order valence-electron chi connectivity index (χ4n) is 3.51. The van der Waals surface area contributed by atoms with E-state index in [0.29, 0.717) is 17.9 Å². The summed E-state index contributed by atoms with van der Waals surface area (Å²) in [6, 6.07) is 4.53. The number of ether oxygens (including phenoxy) is 1. The van der Waals surface area contributed by atoms with Crippen LogP contribution in [0.25, 0.3) is 0 Å². The largest absolute Gasteiger partial charge is 0.504 e. The standard InChI is InChI=1S/C16H17NO5/c1-22-12-5-4-10(7-11(12)18)17-15(19)13-8-2-3-9(6-8)14(13)16(20)21/h2-5,7-9,13-14,18H,6H2,1H3,(H,17,19)(H,20,21)/t8-,9-,13-,14-/m0/s1. The number of carbonyl (C=O) groups is 2. The summed E-state index contributed by atoms with van der Waals surface area (Å²) in [5.74, 6) is -2.38. The van der Waals surface area contributed by atoms with Gasteiger partial charge in [0.05, 0.1) is 18.9 Å². The Hall–Kier alpha value is -2.50. The van der Waals surface area contributed by atoms with E-state index in [9.17, 15) is 19.8 Å². The molecule has 0 aromatic heterocycles. The number of methoxy groups -OCH3 is 1. The van der Waals surface area contributed by atoms with Crippen LogP contribution in [-0.2, 0) is 9.59 Å². The monoisotopic (exact) mass is 303 g/mol. The normalized spacial score (nSPS) is 28.6. The Morgan fingerprint density at radius 2 is 1.91 bits per heavy atom. The summed E-state index contributed by atoms with van der Waals surface area (Å²) >= 11 is 0. The van der Waals surface area contributed by atoms with E-state index in [1.54, 1.807) is 12.1 Å². The number of allylic oxidation sites excluding steroid dienone is 2.